The Bertz CT molecular complexity index is 608. The van der Waals surface area contributed by atoms with E-state index in [1.807, 2.05) is 6.92 Å². The summed E-state index contributed by atoms with van der Waals surface area (Å²) >= 11 is 10.8. The van der Waals surface area contributed by atoms with Crippen LogP contribution >= 0.6 is 36.2 Å². The van der Waals surface area contributed by atoms with E-state index >= 15 is 0 Å². The SMILES string of the molecule is Cc1cc2nc(C(C)(C)C)sc2cc1NC(=S)S. The van der Waals surface area contributed by atoms with Gasteiger partial charge < -0.3 is 5.32 Å². The second-order valence-electron chi connectivity index (χ2n) is 5.33. The maximum atomic E-state index is 4.97. The Hall–Kier alpha value is -0.650. The fourth-order valence-electron chi connectivity index (χ4n) is 1.65. The molecule has 0 bridgehead atoms. The number of aryl methyl sites for hydroxylation is 1. The number of thiazole rings is 1. The van der Waals surface area contributed by atoms with Crippen molar-refractivity contribution in [2.75, 3.05) is 5.32 Å². The number of thiocarbonyl (C=S) groups is 1. The number of benzene rings is 1. The Morgan fingerprint density at radius 3 is 2.61 bits per heavy atom. The van der Waals surface area contributed by atoms with E-state index in [-0.39, 0.29) is 5.41 Å². The van der Waals surface area contributed by atoms with E-state index in [0.29, 0.717) is 4.32 Å². The number of anilines is 1. The lowest BCUT2D eigenvalue weighted by Crippen LogP contribution is -2.09. The first kappa shape index (κ1) is 13.8. The first-order valence-corrected chi connectivity index (χ1v) is 7.36. The number of aromatic nitrogens is 1. The van der Waals surface area contributed by atoms with E-state index < -0.39 is 0 Å². The Morgan fingerprint density at radius 1 is 1.39 bits per heavy atom. The van der Waals surface area contributed by atoms with E-state index in [9.17, 15) is 0 Å². The number of hydrogen-bond donors (Lipinski definition) is 2. The summed E-state index contributed by atoms with van der Waals surface area (Å²) in [5.41, 5.74) is 3.28. The van der Waals surface area contributed by atoms with E-state index in [0.717, 1.165) is 21.8 Å². The van der Waals surface area contributed by atoms with Gasteiger partial charge in [0.25, 0.3) is 0 Å². The summed E-state index contributed by atoms with van der Waals surface area (Å²) in [7, 11) is 0. The predicted molar refractivity (Wildman–Crippen MR) is 88.3 cm³/mol. The van der Waals surface area contributed by atoms with Crippen molar-refractivity contribution in [3.05, 3.63) is 22.7 Å². The number of nitrogens with zero attached hydrogens (tertiary/aromatic N) is 1. The molecule has 2 aromatic rings. The van der Waals surface area contributed by atoms with Gasteiger partial charge in [-0.3, -0.25) is 0 Å². The van der Waals surface area contributed by atoms with E-state index in [4.69, 9.17) is 17.2 Å². The Kier molecular flexibility index (Phi) is 3.67. The summed E-state index contributed by atoms with van der Waals surface area (Å²) in [5.74, 6) is 0. The van der Waals surface area contributed by atoms with Gasteiger partial charge in [-0.1, -0.05) is 33.0 Å². The molecule has 0 aliphatic rings. The Labute approximate surface area is 122 Å². The fraction of sp³-hybridized carbons (Fsp3) is 0.385. The molecule has 2 rings (SSSR count). The molecule has 0 aliphatic carbocycles. The van der Waals surface area contributed by atoms with Crippen LogP contribution in [0.25, 0.3) is 10.2 Å². The standard InChI is InChI=1S/C13H16N2S3/c1-7-5-9-10(6-8(7)15-12(16)17)18-11(14-9)13(2,3)4/h5-6H,1-4H3,(H2,15,16,17). The topological polar surface area (TPSA) is 24.9 Å². The van der Waals surface area contributed by atoms with Crippen LogP contribution in [0.4, 0.5) is 5.69 Å². The van der Waals surface area contributed by atoms with Crippen LogP contribution in [0.2, 0.25) is 0 Å². The molecule has 1 aromatic carbocycles. The second-order valence-corrected chi connectivity index (χ2v) is 7.52. The van der Waals surface area contributed by atoms with E-state index in [1.165, 1.54) is 4.70 Å². The molecule has 0 saturated heterocycles. The average molecular weight is 296 g/mol. The summed E-state index contributed by atoms with van der Waals surface area (Å²) in [6.07, 6.45) is 0. The van der Waals surface area contributed by atoms with Crippen LogP contribution in [0.1, 0.15) is 31.3 Å². The Balaban J connectivity index is 2.54. The summed E-state index contributed by atoms with van der Waals surface area (Å²) in [4.78, 5) is 4.70. The highest BCUT2D eigenvalue weighted by Gasteiger charge is 2.19. The normalized spacial score (nSPS) is 11.8. The molecule has 18 heavy (non-hydrogen) atoms. The summed E-state index contributed by atoms with van der Waals surface area (Å²) in [6.45, 7) is 8.59. The van der Waals surface area contributed by atoms with Crippen molar-refractivity contribution in [3.8, 4) is 0 Å². The van der Waals surface area contributed by atoms with Gasteiger partial charge in [0.2, 0.25) is 0 Å². The first-order chi connectivity index (χ1) is 8.27. The van der Waals surface area contributed by atoms with E-state index in [2.05, 4.69) is 50.8 Å². The molecule has 0 spiro atoms. The number of nitrogens with one attached hydrogen (secondary N) is 1. The highest BCUT2D eigenvalue weighted by molar-refractivity contribution is 8.11. The third-order valence-electron chi connectivity index (χ3n) is 2.62. The lowest BCUT2D eigenvalue weighted by molar-refractivity contribution is 0.587. The van der Waals surface area contributed by atoms with Gasteiger partial charge in [-0.15, -0.1) is 24.0 Å². The Morgan fingerprint density at radius 2 is 2.06 bits per heavy atom. The highest BCUT2D eigenvalue weighted by Crippen LogP contribution is 2.33. The molecular formula is C13H16N2S3. The van der Waals surface area contributed by atoms with Gasteiger partial charge in [-0.05, 0) is 24.6 Å². The van der Waals surface area contributed by atoms with Crippen LogP contribution in [-0.4, -0.2) is 9.30 Å². The zero-order chi connectivity index (χ0) is 13.5. The molecule has 2 nitrogen and oxygen atoms in total. The highest BCUT2D eigenvalue weighted by atomic mass is 32.1. The van der Waals surface area contributed by atoms with Gasteiger partial charge in [-0.2, -0.15) is 0 Å². The zero-order valence-electron chi connectivity index (χ0n) is 10.9. The maximum absolute atomic E-state index is 4.97. The quantitative estimate of drug-likeness (QED) is 0.597. The third kappa shape index (κ3) is 2.84. The van der Waals surface area contributed by atoms with Crippen molar-refractivity contribution < 1.29 is 0 Å². The van der Waals surface area contributed by atoms with E-state index in [1.54, 1.807) is 11.3 Å². The van der Waals surface area contributed by atoms with Crippen molar-refractivity contribution >= 4 is 56.4 Å². The van der Waals surface area contributed by atoms with Crippen LogP contribution in [-0.2, 0) is 5.41 Å². The van der Waals surface area contributed by atoms with Crippen molar-refractivity contribution in [1.82, 2.24) is 4.98 Å². The van der Waals surface area contributed by atoms with Crippen molar-refractivity contribution in [2.24, 2.45) is 0 Å². The maximum Gasteiger partial charge on any atom is 0.135 e. The molecule has 0 aliphatic heterocycles. The predicted octanol–water partition coefficient (Wildman–Crippen LogP) is 4.53. The fourth-order valence-corrected chi connectivity index (χ4v) is 2.92. The monoisotopic (exact) mass is 296 g/mol. The van der Waals surface area contributed by atoms with Crippen molar-refractivity contribution in [2.45, 2.75) is 33.1 Å². The molecule has 0 unspecified atom stereocenters. The summed E-state index contributed by atoms with van der Waals surface area (Å²) in [5, 5.41) is 4.24. The van der Waals surface area contributed by atoms with Crippen LogP contribution < -0.4 is 5.32 Å². The smallest absolute Gasteiger partial charge is 0.135 e. The first-order valence-electron chi connectivity index (χ1n) is 5.69. The van der Waals surface area contributed by atoms with Gasteiger partial charge in [0.1, 0.15) is 4.32 Å². The number of fused-ring (bicyclic) bond motifs is 1. The number of hydrogen-bond acceptors (Lipinski definition) is 3. The molecule has 5 heteroatoms. The van der Waals surface area contributed by atoms with Crippen LogP contribution in [0.15, 0.2) is 12.1 Å². The van der Waals surface area contributed by atoms with Crippen molar-refractivity contribution in [1.29, 1.82) is 0 Å². The van der Waals surface area contributed by atoms with Crippen LogP contribution in [0, 0.1) is 6.92 Å². The zero-order valence-corrected chi connectivity index (χ0v) is 13.4. The van der Waals surface area contributed by atoms with Gasteiger partial charge in [0.15, 0.2) is 0 Å². The lowest BCUT2D eigenvalue weighted by atomic mass is 9.98. The third-order valence-corrected chi connectivity index (χ3v) is 4.28. The minimum Gasteiger partial charge on any atom is -0.341 e. The number of rotatable bonds is 1. The molecule has 1 heterocycles. The molecule has 0 amide bonds. The second kappa shape index (κ2) is 4.79. The molecule has 96 valence electrons. The largest absolute Gasteiger partial charge is 0.341 e. The molecule has 0 radical (unpaired) electrons. The minimum absolute atomic E-state index is 0.0873. The number of thiol groups is 1. The molecular weight excluding hydrogens is 280 g/mol. The van der Waals surface area contributed by atoms with Crippen LogP contribution in [0.3, 0.4) is 0 Å². The molecule has 0 atom stereocenters. The van der Waals surface area contributed by atoms with Crippen LogP contribution in [0.5, 0.6) is 0 Å². The molecule has 1 aromatic heterocycles. The molecule has 1 N–H and O–H groups in total. The summed E-state index contributed by atoms with van der Waals surface area (Å²) in [6, 6.07) is 4.19. The van der Waals surface area contributed by atoms with Gasteiger partial charge in [-0.25, -0.2) is 4.98 Å². The van der Waals surface area contributed by atoms with Gasteiger partial charge in [0.05, 0.1) is 15.2 Å². The molecule has 0 saturated carbocycles. The van der Waals surface area contributed by atoms with Gasteiger partial charge >= 0.3 is 0 Å². The molecule has 0 fully saturated rings. The minimum atomic E-state index is 0.0873. The lowest BCUT2D eigenvalue weighted by Gasteiger charge is -2.13. The average Bonchev–Trinajstić information content (AvgIpc) is 2.59. The van der Waals surface area contributed by atoms with Gasteiger partial charge in [0, 0.05) is 11.1 Å². The summed E-state index contributed by atoms with van der Waals surface area (Å²) < 4.78 is 1.66. The van der Waals surface area contributed by atoms with Crippen molar-refractivity contribution in [3.63, 3.8) is 0 Å².